The summed E-state index contributed by atoms with van der Waals surface area (Å²) in [5.41, 5.74) is 0. The first-order valence-electron chi connectivity index (χ1n) is 5.21. The fourth-order valence-corrected chi connectivity index (χ4v) is 1.90. The molecule has 20 heavy (non-hydrogen) atoms. The summed E-state index contributed by atoms with van der Waals surface area (Å²) in [6, 6.07) is 1.12. The number of sulfonamides is 1. The molecule has 0 amide bonds. The molecule has 0 fully saturated rings. The number of ether oxygens (including phenoxy) is 1. The molecule has 0 aliphatic heterocycles. The lowest BCUT2D eigenvalue weighted by atomic mass is 10.3. The Morgan fingerprint density at radius 3 is 2.35 bits per heavy atom. The summed E-state index contributed by atoms with van der Waals surface area (Å²) in [6.07, 6.45) is 0. The quantitative estimate of drug-likeness (QED) is 0.898. The number of primary sulfonamides is 1. The second-order valence-electron chi connectivity index (χ2n) is 3.76. The second kappa shape index (κ2) is 5.13. The van der Waals surface area contributed by atoms with Crippen LogP contribution in [-0.4, -0.2) is 18.6 Å². The molecule has 10 heteroatoms. The van der Waals surface area contributed by atoms with E-state index >= 15 is 0 Å². The smallest absolute Gasteiger partial charge is 0.253 e. The van der Waals surface area contributed by atoms with Crippen LogP contribution in [0.3, 0.4) is 0 Å². The van der Waals surface area contributed by atoms with Gasteiger partial charge in [-0.15, -0.1) is 10.2 Å². The van der Waals surface area contributed by atoms with Crippen LogP contribution in [0.2, 0.25) is 0 Å². The van der Waals surface area contributed by atoms with E-state index in [0.717, 1.165) is 0 Å². The molecule has 1 aromatic heterocycles. The van der Waals surface area contributed by atoms with Gasteiger partial charge in [0.2, 0.25) is 15.9 Å². The monoisotopic (exact) mass is 305 g/mol. The molecule has 0 saturated carbocycles. The molecule has 0 atom stereocenters. The van der Waals surface area contributed by atoms with Gasteiger partial charge >= 0.3 is 0 Å². The highest BCUT2D eigenvalue weighted by Gasteiger charge is 2.18. The van der Waals surface area contributed by atoms with Crippen molar-refractivity contribution in [1.82, 2.24) is 10.2 Å². The van der Waals surface area contributed by atoms with E-state index in [4.69, 9.17) is 14.3 Å². The number of rotatable bonds is 4. The van der Waals surface area contributed by atoms with Crippen molar-refractivity contribution in [2.75, 3.05) is 0 Å². The number of aryl methyl sites for hydroxylation is 1. The van der Waals surface area contributed by atoms with Gasteiger partial charge in [-0.25, -0.2) is 22.3 Å². The summed E-state index contributed by atoms with van der Waals surface area (Å²) in [7, 11) is -4.20. The summed E-state index contributed by atoms with van der Waals surface area (Å²) in [6.45, 7) is 1.18. The number of nitrogens with two attached hydrogens (primary N) is 1. The topological polar surface area (TPSA) is 108 Å². The van der Waals surface area contributed by atoms with E-state index in [-0.39, 0.29) is 18.4 Å². The number of hydrogen-bond acceptors (Lipinski definition) is 6. The Balaban J connectivity index is 2.25. The SMILES string of the molecule is Cc1nnc(COc2c(F)cc(S(N)(=O)=O)cc2F)o1. The summed E-state index contributed by atoms with van der Waals surface area (Å²) in [4.78, 5) is -0.687. The van der Waals surface area contributed by atoms with Gasteiger partial charge in [0.15, 0.2) is 24.0 Å². The molecule has 0 bridgehead atoms. The van der Waals surface area contributed by atoms with Crippen LogP contribution in [0.5, 0.6) is 5.75 Å². The van der Waals surface area contributed by atoms with Crippen molar-refractivity contribution < 1.29 is 26.4 Å². The fraction of sp³-hybridized carbons (Fsp3) is 0.200. The van der Waals surface area contributed by atoms with Crippen molar-refractivity contribution in [3.63, 3.8) is 0 Å². The molecule has 0 spiro atoms. The van der Waals surface area contributed by atoms with Gasteiger partial charge < -0.3 is 9.15 Å². The molecular weight excluding hydrogens is 296 g/mol. The molecule has 7 nitrogen and oxygen atoms in total. The largest absolute Gasteiger partial charge is 0.478 e. The predicted molar refractivity (Wildman–Crippen MR) is 61.1 cm³/mol. The third kappa shape index (κ3) is 3.08. The number of nitrogens with zero attached hydrogens (tertiary/aromatic N) is 2. The Bertz CT molecular complexity index is 722. The van der Waals surface area contributed by atoms with E-state index in [0.29, 0.717) is 12.1 Å². The number of benzene rings is 1. The van der Waals surface area contributed by atoms with Crippen LogP contribution in [-0.2, 0) is 16.6 Å². The molecule has 2 rings (SSSR count). The molecule has 1 heterocycles. The molecule has 108 valence electrons. The Morgan fingerprint density at radius 2 is 1.90 bits per heavy atom. The average Bonchev–Trinajstić information content (AvgIpc) is 2.72. The lowest BCUT2D eigenvalue weighted by Crippen LogP contribution is -2.13. The van der Waals surface area contributed by atoms with E-state index in [1.807, 2.05) is 0 Å². The van der Waals surface area contributed by atoms with E-state index in [2.05, 4.69) is 10.2 Å². The summed E-state index contributed by atoms with van der Waals surface area (Å²) < 4.78 is 59.0. The second-order valence-corrected chi connectivity index (χ2v) is 5.33. The summed E-state index contributed by atoms with van der Waals surface area (Å²) in [5, 5.41) is 11.9. The average molecular weight is 305 g/mol. The molecule has 1 aromatic carbocycles. The molecule has 0 unspecified atom stereocenters. The number of aromatic nitrogens is 2. The maximum atomic E-state index is 13.6. The molecule has 0 aliphatic carbocycles. The van der Waals surface area contributed by atoms with Gasteiger partial charge in [0.1, 0.15) is 0 Å². The van der Waals surface area contributed by atoms with Gasteiger partial charge in [-0.1, -0.05) is 0 Å². The molecule has 2 N–H and O–H groups in total. The minimum absolute atomic E-state index is 0.0248. The van der Waals surface area contributed by atoms with E-state index in [1.54, 1.807) is 6.92 Å². The van der Waals surface area contributed by atoms with Gasteiger partial charge in [0, 0.05) is 6.92 Å². The number of halogens is 2. The first-order chi connectivity index (χ1) is 9.27. The van der Waals surface area contributed by atoms with Crippen LogP contribution in [0.1, 0.15) is 11.8 Å². The zero-order chi connectivity index (χ0) is 14.9. The third-order valence-corrected chi connectivity index (χ3v) is 3.10. The van der Waals surface area contributed by atoms with Gasteiger partial charge in [-0.3, -0.25) is 0 Å². The Morgan fingerprint density at radius 1 is 1.30 bits per heavy atom. The van der Waals surface area contributed by atoms with Crippen LogP contribution in [0.25, 0.3) is 0 Å². The highest BCUT2D eigenvalue weighted by molar-refractivity contribution is 7.89. The predicted octanol–water partition coefficient (Wildman–Crippen LogP) is 0.883. The van der Waals surface area contributed by atoms with E-state index in [1.165, 1.54) is 0 Å². The number of hydrogen-bond donors (Lipinski definition) is 1. The third-order valence-electron chi connectivity index (χ3n) is 2.21. The van der Waals surface area contributed by atoms with E-state index in [9.17, 15) is 17.2 Å². The van der Waals surface area contributed by atoms with Crippen molar-refractivity contribution in [3.8, 4) is 5.75 Å². The van der Waals surface area contributed by atoms with Crippen LogP contribution >= 0.6 is 0 Å². The zero-order valence-corrected chi connectivity index (χ0v) is 10.9. The normalized spacial score (nSPS) is 11.6. The molecule has 0 saturated heterocycles. The van der Waals surface area contributed by atoms with Crippen molar-refractivity contribution in [2.45, 2.75) is 18.4 Å². The highest BCUT2D eigenvalue weighted by Crippen LogP contribution is 2.25. The van der Waals surface area contributed by atoms with Crippen molar-refractivity contribution in [1.29, 1.82) is 0 Å². The molecule has 0 aliphatic rings. The van der Waals surface area contributed by atoms with Crippen molar-refractivity contribution in [2.24, 2.45) is 5.14 Å². The molecular formula is C10H9F2N3O4S. The first kappa shape index (κ1) is 14.3. The lowest BCUT2D eigenvalue weighted by Gasteiger charge is -2.07. The lowest BCUT2D eigenvalue weighted by molar-refractivity contribution is 0.238. The standard InChI is InChI=1S/C10H9F2N3O4S/c1-5-14-15-9(19-5)4-18-10-7(11)2-6(3-8(10)12)20(13,16)17/h2-3H,4H2,1H3,(H2,13,16,17). The minimum Gasteiger partial charge on any atom is -0.478 e. The van der Waals surface area contributed by atoms with Crippen molar-refractivity contribution in [3.05, 3.63) is 35.5 Å². The maximum absolute atomic E-state index is 13.6. The van der Waals surface area contributed by atoms with Crippen LogP contribution in [0, 0.1) is 18.6 Å². The molecule has 2 aromatic rings. The maximum Gasteiger partial charge on any atom is 0.253 e. The first-order valence-corrected chi connectivity index (χ1v) is 6.75. The van der Waals surface area contributed by atoms with Crippen LogP contribution in [0.4, 0.5) is 8.78 Å². The van der Waals surface area contributed by atoms with Gasteiger partial charge in [-0.2, -0.15) is 0 Å². The zero-order valence-electron chi connectivity index (χ0n) is 10.1. The molecule has 0 radical (unpaired) electrons. The van der Waals surface area contributed by atoms with Crippen LogP contribution in [0.15, 0.2) is 21.4 Å². The fourth-order valence-electron chi connectivity index (χ4n) is 1.37. The highest BCUT2D eigenvalue weighted by atomic mass is 32.2. The minimum atomic E-state index is -4.20. The van der Waals surface area contributed by atoms with Gasteiger partial charge in [-0.05, 0) is 12.1 Å². The summed E-state index contributed by atoms with van der Waals surface area (Å²) in [5.74, 6) is -2.87. The van der Waals surface area contributed by atoms with Crippen LogP contribution < -0.4 is 9.88 Å². The Hall–Kier alpha value is -2.07. The Labute approximate surface area is 112 Å². The Kier molecular flexibility index (Phi) is 3.68. The van der Waals surface area contributed by atoms with E-state index < -0.39 is 32.3 Å². The summed E-state index contributed by atoms with van der Waals surface area (Å²) >= 11 is 0. The van der Waals surface area contributed by atoms with Gasteiger partial charge in [0.25, 0.3) is 5.89 Å². The van der Waals surface area contributed by atoms with Gasteiger partial charge in [0.05, 0.1) is 4.90 Å². The van der Waals surface area contributed by atoms with Crippen molar-refractivity contribution >= 4 is 10.0 Å².